The minimum atomic E-state index is -1.26. The van der Waals surface area contributed by atoms with E-state index in [9.17, 15) is 24.3 Å². The van der Waals surface area contributed by atoms with Gasteiger partial charge in [0.15, 0.2) is 0 Å². The molecule has 10 heteroatoms. The molecule has 238 valence electrons. The monoisotopic (exact) mass is 613 g/mol. The van der Waals surface area contributed by atoms with Crippen molar-refractivity contribution in [3.63, 3.8) is 0 Å². The Kier molecular flexibility index (Phi) is 12.9. The van der Waals surface area contributed by atoms with E-state index in [1.54, 1.807) is 11.8 Å². The molecule has 3 aliphatic carbocycles. The third-order valence-corrected chi connectivity index (χ3v) is 11.5. The minimum Gasteiger partial charge on any atom is -0.478 e. The Morgan fingerprint density at radius 1 is 1.10 bits per heavy atom. The standard InChI is InChI=1S/C28H47NO4S.C4H4O4/c1-8-26(6)17-22(33-23(31)18-34-16-15-29(9-2)10-3)27(7)19(4)11-13-28(20(5)25(26)32)14-12-21(30)24(27)28;5-3(6)1-2-4(7)8/h8,19-20,22,24-25,32H,1,9-18H2,2-7H3;1-2H,(H,5,6)(H,7,8)/b;2-1+/t19-,20+,22-,24-,25+,26-,27?,28?;/m1./s1/i2+1,3+1,9+1,10+1;. The zero-order valence-corrected chi connectivity index (χ0v) is 27.0. The number of hydrogen-bond acceptors (Lipinski definition) is 8. The van der Waals surface area contributed by atoms with Crippen molar-refractivity contribution in [2.24, 2.45) is 34.0 Å². The molecule has 8 atom stereocenters. The molecule has 0 aliphatic heterocycles. The molecule has 3 N–H and O–H groups in total. The summed E-state index contributed by atoms with van der Waals surface area (Å²) in [4.78, 5) is 48.0. The third kappa shape index (κ3) is 7.66. The molecule has 3 aliphatic rings. The second-order valence-electron chi connectivity index (χ2n) is 12.7. The fourth-order valence-corrected chi connectivity index (χ4v) is 8.49. The van der Waals surface area contributed by atoms with E-state index in [0.29, 0.717) is 36.5 Å². The number of nitrogens with zero attached hydrogens (tertiary/aromatic N) is 1. The average Bonchev–Trinajstić information content (AvgIpc) is 3.30. The first kappa shape index (κ1) is 36.0. The lowest BCUT2D eigenvalue weighted by atomic mass is 9.44. The Balaban J connectivity index is 0.000000675. The van der Waals surface area contributed by atoms with E-state index in [2.05, 4.69) is 46.1 Å². The summed E-state index contributed by atoms with van der Waals surface area (Å²) < 4.78 is 6.30. The van der Waals surface area contributed by atoms with Crippen LogP contribution in [-0.2, 0) is 23.9 Å². The molecule has 9 nitrogen and oxygen atoms in total. The summed E-state index contributed by atoms with van der Waals surface area (Å²) in [5.41, 5.74) is -1.25. The number of ketones is 1. The van der Waals surface area contributed by atoms with Crippen molar-refractivity contribution < 1.29 is 39.2 Å². The predicted octanol–water partition coefficient (Wildman–Crippen LogP) is 4.68. The second kappa shape index (κ2) is 15.0. The van der Waals surface area contributed by atoms with Gasteiger partial charge in [0, 0.05) is 47.6 Å². The predicted molar refractivity (Wildman–Crippen MR) is 164 cm³/mol. The fourth-order valence-electron chi connectivity index (χ4n) is 7.73. The summed E-state index contributed by atoms with van der Waals surface area (Å²) in [7, 11) is 0. The van der Waals surface area contributed by atoms with Gasteiger partial charge in [0.05, 0.1) is 11.9 Å². The third-order valence-electron chi connectivity index (χ3n) is 10.6. The Hall–Kier alpha value is -2.17. The highest BCUT2D eigenvalue weighted by Crippen LogP contribution is 2.68. The largest absolute Gasteiger partial charge is 0.478 e. The summed E-state index contributed by atoms with van der Waals surface area (Å²) in [6, 6.07) is 0. The van der Waals surface area contributed by atoms with Crippen LogP contribution in [-0.4, -0.2) is 87.3 Å². The number of ether oxygens (including phenoxy) is 1. The van der Waals surface area contributed by atoms with Gasteiger partial charge < -0.3 is 25.0 Å². The van der Waals surface area contributed by atoms with Gasteiger partial charge in [-0.3, -0.25) is 9.59 Å². The zero-order valence-electron chi connectivity index (χ0n) is 26.1. The topological polar surface area (TPSA) is 141 Å². The summed E-state index contributed by atoms with van der Waals surface area (Å²) in [5, 5.41) is 27.2. The SMILES string of the molecule is C=C[C@]1(C)C[C@@H](OC(=O)CSCCN([13CH2][13CH3])[13CH2][13CH3])C2(C)[C@H](C)CCC3(CCC(=O)[C@@H]32)[C@@H](C)[C@@H]1O.O=C(O)/C=C/C(=O)O. The van der Waals surface area contributed by atoms with Crippen LogP contribution in [0.5, 0.6) is 0 Å². The van der Waals surface area contributed by atoms with E-state index in [0.717, 1.165) is 44.6 Å². The van der Waals surface area contributed by atoms with Gasteiger partial charge >= 0.3 is 17.9 Å². The highest BCUT2D eigenvalue weighted by molar-refractivity contribution is 7.99. The van der Waals surface area contributed by atoms with Crippen molar-refractivity contribution in [1.29, 1.82) is 0 Å². The van der Waals surface area contributed by atoms with Crippen molar-refractivity contribution in [3.8, 4) is 0 Å². The summed E-state index contributed by atoms with van der Waals surface area (Å²) in [6.07, 6.45) is 5.76. The maximum absolute atomic E-state index is 13.4. The number of carbonyl (C=O) groups excluding carboxylic acids is 2. The number of hydrogen-bond donors (Lipinski definition) is 3. The zero-order chi connectivity index (χ0) is 31.9. The highest BCUT2D eigenvalue weighted by Gasteiger charge is 2.68. The number of rotatable bonds is 11. The number of aliphatic hydroxyl groups is 1. The van der Waals surface area contributed by atoms with E-state index in [4.69, 9.17) is 14.9 Å². The number of Topliss-reactive ketones (excluding diaryl/α,β-unsaturated/α-hetero) is 1. The van der Waals surface area contributed by atoms with Crippen molar-refractivity contribution >= 4 is 35.5 Å². The molecular formula is C32H51NO8S. The van der Waals surface area contributed by atoms with Gasteiger partial charge in [0.25, 0.3) is 0 Å². The molecule has 0 radical (unpaired) electrons. The molecule has 0 heterocycles. The van der Waals surface area contributed by atoms with Crippen LogP contribution in [0, 0.1) is 34.0 Å². The smallest absolute Gasteiger partial charge is 0.328 e. The minimum absolute atomic E-state index is 0.00828. The number of esters is 1. The second-order valence-corrected chi connectivity index (χ2v) is 13.8. The van der Waals surface area contributed by atoms with Gasteiger partial charge in [-0.05, 0) is 56.0 Å². The van der Waals surface area contributed by atoms with Crippen LogP contribution in [0.3, 0.4) is 0 Å². The van der Waals surface area contributed by atoms with Crippen LogP contribution in [0.4, 0.5) is 0 Å². The van der Waals surface area contributed by atoms with Gasteiger partial charge in [0.1, 0.15) is 11.9 Å². The number of carboxylic acid groups (broad SMARTS) is 2. The molecule has 42 heavy (non-hydrogen) atoms. The van der Waals surface area contributed by atoms with Crippen molar-refractivity contribution in [2.75, 3.05) is 31.1 Å². The molecule has 0 spiro atoms. The van der Waals surface area contributed by atoms with Crippen molar-refractivity contribution in [1.82, 2.24) is 4.90 Å². The summed E-state index contributed by atoms with van der Waals surface area (Å²) >= 11 is 1.61. The number of thioether (sulfide) groups is 1. The maximum Gasteiger partial charge on any atom is 0.328 e. The molecule has 0 aromatic carbocycles. The van der Waals surface area contributed by atoms with Gasteiger partial charge in [-0.1, -0.05) is 47.6 Å². The number of carbonyl (C=O) groups is 4. The summed E-state index contributed by atoms with van der Waals surface area (Å²) in [5.74, 6) is -1.14. The molecule has 2 unspecified atom stereocenters. The Morgan fingerprint density at radius 3 is 2.21 bits per heavy atom. The lowest BCUT2D eigenvalue weighted by molar-refractivity contribution is -0.205. The first-order chi connectivity index (χ1) is 19.6. The Labute approximate surface area is 255 Å². The lowest BCUT2D eigenvalue weighted by Crippen LogP contribution is -2.63. The molecule has 0 aromatic rings. The van der Waals surface area contributed by atoms with E-state index in [-0.39, 0.29) is 29.1 Å². The average molecular weight is 614 g/mol. The first-order valence-corrected chi connectivity index (χ1v) is 16.3. The quantitative estimate of drug-likeness (QED) is 0.0989. The van der Waals surface area contributed by atoms with E-state index in [1.807, 2.05) is 13.0 Å². The van der Waals surface area contributed by atoms with E-state index in [1.165, 1.54) is 0 Å². The molecule has 2 bridgehead atoms. The maximum atomic E-state index is 13.4. The first-order valence-electron chi connectivity index (χ1n) is 15.1. The molecule has 0 amide bonds. The summed E-state index contributed by atoms with van der Waals surface area (Å²) in [6.45, 7) is 20.0. The lowest BCUT2D eigenvalue weighted by Gasteiger charge is -2.61. The molecule has 3 fully saturated rings. The number of aliphatic carboxylic acids is 2. The van der Waals surface area contributed by atoms with Gasteiger partial charge in [-0.15, -0.1) is 18.3 Å². The van der Waals surface area contributed by atoms with Crippen LogP contribution in [0.25, 0.3) is 0 Å². The fraction of sp³-hybridized carbons (Fsp3) is 0.750. The van der Waals surface area contributed by atoms with Crippen molar-refractivity contribution in [3.05, 3.63) is 24.8 Å². The highest BCUT2D eigenvalue weighted by atomic mass is 32.2. The Morgan fingerprint density at radius 2 is 1.69 bits per heavy atom. The molecule has 3 saturated carbocycles. The molecular weight excluding hydrogens is 562 g/mol. The Bertz CT molecular complexity index is 1010. The van der Waals surface area contributed by atoms with Crippen LogP contribution < -0.4 is 0 Å². The van der Waals surface area contributed by atoms with Crippen LogP contribution in [0.15, 0.2) is 24.8 Å². The molecule has 3 rings (SSSR count). The van der Waals surface area contributed by atoms with Gasteiger partial charge in [0.2, 0.25) is 0 Å². The number of carboxylic acids is 2. The van der Waals surface area contributed by atoms with E-state index < -0.39 is 35.0 Å². The normalized spacial score (nSPS) is 35.9. The van der Waals surface area contributed by atoms with Gasteiger partial charge in [-0.25, -0.2) is 9.59 Å². The molecule has 0 aromatic heterocycles. The van der Waals surface area contributed by atoms with Crippen molar-refractivity contribution in [2.45, 2.75) is 85.9 Å². The van der Waals surface area contributed by atoms with Crippen LogP contribution in [0.2, 0.25) is 0 Å². The van der Waals surface area contributed by atoms with Crippen LogP contribution >= 0.6 is 11.8 Å². The number of aliphatic hydroxyl groups excluding tert-OH is 1. The molecule has 0 saturated heterocycles. The van der Waals surface area contributed by atoms with Gasteiger partial charge in [-0.2, -0.15) is 0 Å². The van der Waals surface area contributed by atoms with Crippen LogP contribution in [0.1, 0.15) is 73.6 Å². The van der Waals surface area contributed by atoms with E-state index >= 15 is 0 Å².